The standard InChI is InChI=1S/C15H29NO2/c1-3-17-11-7-10-16-13-12-14(18-4-2)15(13)8-5-6-9-15/h13-14,16H,3-12H2,1-2H3. The van der Waals surface area contributed by atoms with Gasteiger partial charge in [0.2, 0.25) is 0 Å². The van der Waals surface area contributed by atoms with E-state index >= 15 is 0 Å². The number of nitrogens with one attached hydrogen (secondary N) is 1. The Morgan fingerprint density at radius 3 is 2.61 bits per heavy atom. The zero-order chi connectivity index (χ0) is 12.8. The highest BCUT2D eigenvalue weighted by molar-refractivity contribution is 5.09. The van der Waals surface area contributed by atoms with Gasteiger partial charge in [0.1, 0.15) is 0 Å². The molecule has 0 aromatic carbocycles. The van der Waals surface area contributed by atoms with Crippen LogP contribution in [0.4, 0.5) is 0 Å². The molecule has 0 aliphatic heterocycles. The first-order valence-corrected chi connectivity index (χ1v) is 7.76. The van der Waals surface area contributed by atoms with Gasteiger partial charge in [-0.15, -0.1) is 0 Å². The summed E-state index contributed by atoms with van der Waals surface area (Å²) in [6, 6.07) is 0.693. The molecular formula is C15H29NO2. The number of hydrogen-bond acceptors (Lipinski definition) is 3. The molecule has 2 aliphatic carbocycles. The van der Waals surface area contributed by atoms with Crippen LogP contribution in [0.15, 0.2) is 0 Å². The Kier molecular flexibility index (Phi) is 5.46. The van der Waals surface area contributed by atoms with Crippen LogP contribution in [0, 0.1) is 5.41 Å². The molecular weight excluding hydrogens is 226 g/mol. The van der Waals surface area contributed by atoms with E-state index in [9.17, 15) is 0 Å². The van der Waals surface area contributed by atoms with E-state index in [2.05, 4.69) is 19.2 Å². The van der Waals surface area contributed by atoms with E-state index < -0.39 is 0 Å². The third-order valence-electron chi connectivity index (χ3n) is 4.75. The molecule has 0 amide bonds. The molecule has 0 bridgehead atoms. The fraction of sp³-hybridized carbons (Fsp3) is 1.00. The summed E-state index contributed by atoms with van der Waals surface area (Å²) >= 11 is 0. The molecule has 3 heteroatoms. The van der Waals surface area contributed by atoms with Crippen LogP contribution in [0.3, 0.4) is 0 Å². The molecule has 0 aromatic heterocycles. The minimum absolute atomic E-state index is 0.474. The Bertz CT molecular complexity index is 239. The Morgan fingerprint density at radius 2 is 1.94 bits per heavy atom. The fourth-order valence-corrected chi connectivity index (χ4v) is 3.77. The van der Waals surface area contributed by atoms with Crippen LogP contribution in [-0.2, 0) is 9.47 Å². The second-order valence-electron chi connectivity index (χ2n) is 5.68. The van der Waals surface area contributed by atoms with Crippen molar-refractivity contribution in [2.75, 3.05) is 26.4 Å². The summed E-state index contributed by atoms with van der Waals surface area (Å²) in [6.07, 6.45) is 8.36. The average molecular weight is 255 g/mol. The van der Waals surface area contributed by atoms with E-state index in [-0.39, 0.29) is 0 Å². The Hall–Kier alpha value is -0.120. The van der Waals surface area contributed by atoms with E-state index in [1.165, 1.54) is 32.1 Å². The van der Waals surface area contributed by atoms with Crippen molar-refractivity contribution in [3.8, 4) is 0 Å². The van der Waals surface area contributed by atoms with Crippen molar-refractivity contribution in [1.82, 2.24) is 5.32 Å². The van der Waals surface area contributed by atoms with Gasteiger partial charge in [-0.1, -0.05) is 12.8 Å². The van der Waals surface area contributed by atoms with Crippen LogP contribution < -0.4 is 5.32 Å². The van der Waals surface area contributed by atoms with Gasteiger partial charge >= 0.3 is 0 Å². The first kappa shape index (κ1) is 14.3. The maximum Gasteiger partial charge on any atom is 0.0661 e. The zero-order valence-corrected chi connectivity index (χ0v) is 12.0. The summed E-state index contributed by atoms with van der Waals surface area (Å²) in [6.45, 7) is 7.84. The van der Waals surface area contributed by atoms with Crippen molar-refractivity contribution >= 4 is 0 Å². The van der Waals surface area contributed by atoms with Crippen LogP contribution >= 0.6 is 0 Å². The van der Waals surface area contributed by atoms with E-state index in [1.807, 2.05) is 0 Å². The zero-order valence-electron chi connectivity index (χ0n) is 12.0. The summed E-state index contributed by atoms with van der Waals surface area (Å²) in [7, 11) is 0. The minimum atomic E-state index is 0.474. The van der Waals surface area contributed by atoms with Crippen molar-refractivity contribution in [2.24, 2.45) is 5.41 Å². The largest absolute Gasteiger partial charge is 0.382 e. The fourth-order valence-electron chi connectivity index (χ4n) is 3.77. The van der Waals surface area contributed by atoms with Gasteiger partial charge in [-0.25, -0.2) is 0 Å². The Balaban J connectivity index is 1.72. The van der Waals surface area contributed by atoms with E-state index in [0.29, 0.717) is 17.6 Å². The first-order chi connectivity index (χ1) is 8.83. The van der Waals surface area contributed by atoms with Crippen molar-refractivity contribution in [2.45, 2.75) is 64.5 Å². The molecule has 3 nitrogen and oxygen atoms in total. The number of hydrogen-bond donors (Lipinski definition) is 1. The van der Waals surface area contributed by atoms with Crippen LogP contribution in [0.25, 0.3) is 0 Å². The van der Waals surface area contributed by atoms with Crippen molar-refractivity contribution in [3.05, 3.63) is 0 Å². The molecule has 18 heavy (non-hydrogen) atoms. The van der Waals surface area contributed by atoms with E-state index in [1.54, 1.807) is 0 Å². The smallest absolute Gasteiger partial charge is 0.0661 e. The maximum absolute atomic E-state index is 5.93. The number of rotatable bonds is 8. The molecule has 2 unspecified atom stereocenters. The van der Waals surface area contributed by atoms with Crippen molar-refractivity contribution in [1.29, 1.82) is 0 Å². The lowest BCUT2D eigenvalue weighted by Crippen LogP contribution is -2.62. The SMILES string of the molecule is CCOCCCNC1CC(OCC)C12CCCC2. The van der Waals surface area contributed by atoms with Gasteiger partial charge < -0.3 is 14.8 Å². The van der Waals surface area contributed by atoms with Gasteiger partial charge in [-0.05, 0) is 46.1 Å². The molecule has 1 N–H and O–H groups in total. The summed E-state index contributed by atoms with van der Waals surface area (Å²) in [4.78, 5) is 0. The monoisotopic (exact) mass is 255 g/mol. The third kappa shape index (κ3) is 2.89. The van der Waals surface area contributed by atoms with Crippen molar-refractivity contribution < 1.29 is 9.47 Å². The van der Waals surface area contributed by atoms with Gasteiger partial charge in [0.25, 0.3) is 0 Å². The molecule has 0 aromatic rings. The second kappa shape index (κ2) is 6.88. The summed E-state index contributed by atoms with van der Waals surface area (Å²) in [5, 5.41) is 3.74. The molecule has 2 atom stereocenters. The lowest BCUT2D eigenvalue weighted by atomic mass is 9.60. The normalized spacial score (nSPS) is 29.7. The van der Waals surface area contributed by atoms with E-state index in [4.69, 9.17) is 9.47 Å². The molecule has 2 fully saturated rings. The van der Waals surface area contributed by atoms with Gasteiger partial charge in [-0.2, -0.15) is 0 Å². The summed E-state index contributed by atoms with van der Waals surface area (Å²) in [5.74, 6) is 0. The van der Waals surface area contributed by atoms with Gasteiger partial charge in [0.15, 0.2) is 0 Å². The molecule has 0 saturated heterocycles. The lowest BCUT2D eigenvalue weighted by Gasteiger charge is -2.54. The minimum Gasteiger partial charge on any atom is -0.382 e. The predicted molar refractivity (Wildman–Crippen MR) is 73.8 cm³/mol. The molecule has 2 saturated carbocycles. The average Bonchev–Trinajstić information content (AvgIpc) is 2.88. The van der Waals surface area contributed by atoms with Crippen LogP contribution in [0.2, 0.25) is 0 Å². The molecule has 106 valence electrons. The van der Waals surface area contributed by atoms with Crippen LogP contribution in [0.1, 0.15) is 52.4 Å². The van der Waals surface area contributed by atoms with Gasteiger partial charge in [0.05, 0.1) is 6.10 Å². The predicted octanol–water partition coefficient (Wildman–Crippen LogP) is 2.74. The Morgan fingerprint density at radius 1 is 1.17 bits per heavy atom. The lowest BCUT2D eigenvalue weighted by molar-refractivity contribution is -0.130. The molecule has 1 spiro atoms. The summed E-state index contributed by atoms with van der Waals surface area (Å²) < 4.78 is 11.3. The highest BCUT2D eigenvalue weighted by atomic mass is 16.5. The molecule has 2 aliphatic rings. The first-order valence-electron chi connectivity index (χ1n) is 7.76. The molecule has 0 heterocycles. The Labute approximate surface area is 112 Å². The number of ether oxygens (including phenoxy) is 2. The summed E-state index contributed by atoms with van der Waals surface area (Å²) in [5.41, 5.74) is 0.474. The van der Waals surface area contributed by atoms with Crippen LogP contribution in [0.5, 0.6) is 0 Å². The topological polar surface area (TPSA) is 30.5 Å². The second-order valence-corrected chi connectivity index (χ2v) is 5.68. The van der Waals surface area contributed by atoms with Crippen LogP contribution in [-0.4, -0.2) is 38.5 Å². The van der Waals surface area contributed by atoms with Gasteiger partial charge in [0, 0.05) is 31.3 Å². The quantitative estimate of drug-likeness (QED) is 0.677. The third-order valence-corrected chi connectivity index (χ3v) is 4.75. The van der Waals surface area contributed by atoms with Gasteiger partial charge in [-0.3, -0.25) is 0 Å². The highest BCUT2D eigenvalue weighted by Gasteiger charge is 2.56. The van der Waals surface area contributed by atoms with E-state index in [0.717, 1.165) is 32.8 Å². The van der Waals surface area contributed by atoms with Crippen molar-refractivity contribution in [3.63, 3.8) is 0 Å². The highest BCUT2D eigenvalue weighted by Crippen LogP contribution is 2.54. The maximum atomic E-state index is 5.93. The molecule has 0 radical (unpaired) electrons. The molecule has 2 rings (SSSR count).